The minimum absolute atomic E-state index is 0.108. The maximum atomic E-state index is 13.1. The SMILES string of the molecule is CCCCCCCCCCCCCCCCCCCCCC(=O)O[C@H](COC(=O)CCCCCCCCCCCCCCCCC(C)C)COP(=O)(O)OC[C@@H](O)COP(=O)(O)OC[C@@H](COC(=O)CCCCCCCCC)OC(=O)CCCCCCCCCCCCCCCCCCC. The first-order valence-electron chi connectivity index (χ1n) is 42.1. The Bertz CT molecular complexity index is 1910. The molecule has 0 bridgehead atoms. The number of esters is 4. The second kappa shape index (κ2) is 73.9. The molecule has 0 spiro atoms. The fraction of sp³-hybridized carbons (Fsp3) is 0.951. The maximum Gasteiger partial charge on any atom is 0.472 e. The van der Waals surface area contributed by atoms with Crippen molar-refractivity contribution in [3.63, 3.8) is 0 Å². The lowest BCUT2D eigenvalue weighted by Gasteiger charge is -2.21. The van der Waals surface area contributed by atoms with Crippen molar-refractivity contribution in [2.24, 2.45) is 5.92 Å². The molecule has 0 saturated heterocycles. The van der Waals surface area contributed by atoms with Gasteiger partial charge in [0, 0.05) is 25.7 Å². The van der Waals surface area contributed by atoms with Gasteiger partial charge < -0.3 is 33.8 Å². The minimum Gasteiger partial charge on any atom is -0.462 e. The largest absolute Gasteiger partial charge is 0.472 e. The third-order valence-corrected chi connectivity index (χ3v) is 20.9. The molecule has 5 atom stereocenters. The fourth-order valence-corrected chi connectivity index (χ4v) is 14.2. The fourth-order valence-electron chi connectivity index (χ4n) is 12.6. The molecule has 0 amide bonds. The summed E-state index contributed by atoms with van der Waals surface area (Å²) < 4.78 is 68.6. The zero-order valence-corrected chi connectivity index (χ0v) is 67.1. The van der Waals surface area contributed by atoms with Crippen LogP contribution in [0.3, 0.4) is 0 Å². The van der Waals surface area contributed by atoms with E-state index in [-0.39, 0.29) is 25.7 Å². The summed E-state index contributed by atoms with van der Waals surface area (Å²) in [5.41, 5.74) is 0. The quantitative estimate of drug-likeness (QED) is 0.0222. The molecule has 0 aromatic carbocycles. The molecule has 0 heterocycles. The number of ether oxygens (including phenoxy) is 4. The molecular weight excluding hydrogens is 1310 g/mol. The molecule has 3 N–H and O–H groups in total. The Labute approximate surface area is 613 Å². The first-order chi connectivity index (χ1) is 48.5. The Morgan fingerprint density at radius 2 is 0.460 bits per heavy atom. The van der Waals surface area contributed by atoms with Crippen molar-refractivity contribution in [3.05, 3.63) is 0 Å². The predicted molar refractivity (Wildman–Crippen MR) is 409 cm³/mol. The van der Waals surface area contributed by atoms with Crippen LogP contribution in [0.15, 0.2) is 0 Å². The predicted octanol–water partition coefficient (Wildman–Crippen LogP) is 24.4. The number of rotatable bonds is 81. The zero-order valence-electron chi connectivity index (χ0n) is 65.3. The molecule has 0 radical (unpaired) electrons. The van der Waals surface area contributed by atoms with E-state index >= 15 is 0 Å². The molecule has 19 heteroatoms. The van der Waals surface area contributed by atoms with Crippen molar-refractivity contribution < 1.29 is 80.2 Å². The van der Waals surface area contributed by atoms with E-state index in [1.54, 1.807) is 0 Å². The summed E-state index contributed by atoms with van der Waals surface area (Å²) in [5.74, 6) is -1.31. The second-order valence-electron chi connectivity index (χ2n) is 29.6. The van der Waals surface area contributed by atoms with Crippen LogP contribution in [0, 0.1) is 5.92 Å². The first kappa shape index (κ1) is 98.1. The van der Waals surface area contributed by atoms with Gasteiger partial charge in [-0.15, -0.1) is 0 Å². The van der Waals surface area contributed by atoms with Crippen LogP contribution < -0.4 is 0 Å². The highest BCUT2D eigenvalue weighted by Crippen LogP contribution is 2.45. The van der Waals surface area contributed by atoms with E-state index in [2.05, 4.69) is 34.6 Å². The van der Waals surface area contributed by atoms with Crippen molar-refractivity contribution in [1.29, 1.82) is 0 Å². The number of carbonyl (C=O) groups is 4. The Kier molecular flexibility index (Phi) is 72.5. The van der Waals surface area contributed by atoms with Crippen LogP contribution in [0.2, 0.25) is 0 Å². The molecule has 0 aromatic heterocycles. The molecule has 0 saturated carbocycles. The molecule has 2 unspecified atom stereocenters. The van der Waals surface area contributed by atoms with Crippen molar-refractivity contribution in [1.82, 2.24) is 0 Å². The molecule has 0 aliphatic rings. The molecule has 594 valence electrons. The summed E-state index contributed by atoms with van der Waals surface area (Å²) in [6, 6.07) is 0. The van der Waals surface area contributed by atoms with Crippen LogP contribution in [0.25, 0.3) is 0 Å². The summed E-state index contributed by atoms with van der Waals surface area (Å²) >= 11 is 0. The Morgan fingerprint density at radius 3 is 0.680 bits per heavy atom. The highest BCUT2D eigenvalue weighted by molar-refractivity contribution is 7.47. The Hall–Kier alpha value is -1.94. The first-order valence-corrected chi connectivity index (χ1v) is 45.1. The standard InChI is InChI=1S/C81H158O17P2/c1-6-9-12-15-18-20-22-24-26-28-29-31-33-39-43-47-52-57-62-67-81(86)98-77(71-92-79(84)65-60-55-50-45-41-37-35-34-36-40-44-49-53-58-63-74(4)5)73-96-100(89,90)94-69-75(82)68-93-99(87,88)95-72-76(70-91-78(83)64-59-54-48-17-14-11-8-3)97-80(85)66-61-56-51-46-42-38-32-30-27-25-23-21-19-16-13-10-7-2/h74-77,82H,6-73H2,1-5H3,(H,87,88)(H,89,90)/t75-,76+,77+/m0/s1. The van der Waals surface area contributed by atoms with Gasteiger partial charge in [0.05, 0.1) is 26.4 Å². The second-order valence-corrected chi connectivity index (χ2v) is 32.5. The summed E-state index contributed by atoms with van der Waals surface area (Å²) in [6.07, 6.45) is 65.4. The van der Waals surface area contributed by atoms with Gasteiger partial charge in [0.1, 0.15) is 19.3 Å². The van der Waals surface area contributed by atoms with Gasteiger partial charge in [-0.1, -0.05) is 381 Å². The minimum atomic E-state index is -4.96. The van der Waals surface area contributed by atoms with Gasteiger partial charge in [-0.2, -0.15) is 0 Å². The van der Waals surface area contributed by atoms with Crippen LogP contribution in [-0.4, -0.2) is 96.7 Å². The third-order valence-electron chi connectivity index (χ3n) is 19.0. The lowest BCUT2D eigenvalue weighted by Crippen LogP contribution is -2.30. The third kappa shape index (κ3) is 74.3. The summed E-state index contributed by atoms with van der Waals surface area (Å²) in [7, 11) is -9.91. The van der Waals surface area contributed by atoms with Gasteiger partial charge in [-0.05, 0) is 31.6 Å². The molecule has 0 aromatic rings. The van der Waals surface area contributed by atoms with Gasteiger partial charge in [0.15, 0.2) is 12.2 Å². The summed E-state index contributed by atoms with van der Waals surface area (Å²) in [5, 5.41) is 10.6. The summed E-state index contributed by atoms with van der Waals surface area (Å²) in [4.78, 5) is 72.9. The molecule has 0 aliphatic carbocycles. The highest BCUT2D eigenvalue weighted by Gasteiger charge is 2.30. The lowest BCUT2D eigenvalue weighted by molar-refractivity contribution is -0.161. The number of phosphoric ester groups is 2. The van der Waals surface area contributed by atoms with Crippen LogP contribution in [-0.2, 0) is 65.4 Å². The van der Waals surface area contributed by atoms with E-state index in [4.69, 9.17) is 37.0 Å². The Morgan fingerprint density at radius 1 is 0.270 bits per heavy atom. The van der Waals surface area contributed by atoms with Crippen molar-refractivity contribution in [2.75, 3.05) is 39.6 Å². The normalized spacial score (nSPS) is 13.8. The smallest absolute Gasteiger partial charge is 0.462 e. The van der Waals surface area contributed by atoms with E-state index in [1.165, 1.54) is 244 Å². The number of unbranched alkanes of at least 4 members (excludes halogenated alkanes) is 53. The van der Waals surface area contributed by atoms with E-state index in [0.29, 0.717) is 25.7 Å². The Balaban J connectivity index is 5.17. The van der Waals surface area contributed by atoms with Crippen LogP contribution in [0.5, 0.6) is 0 Å². The summed E-state index contributed by atoms with van der Waals surface area (Å²) in [6.45, 7) is 7.32. The number of hydrogen-bond acceptors (Lipinski definition) is 15. The number of hydrogen-bond donors (Lipinski definition) is 3. The van der Waals surface area contributed by atoms with Crippen molar-refractivity contribution in [3.8, 4) is 0 Å². The van der Waals surface area contributed by atoms with Crippen molar-refractivity contribution >= 4 is 39.5 Å². The molecule has 100 heavy (non-hydrogen) atoms. The van der Waals surface area contributed by atoms with Gasteiger partial charge >= 0.3 is 39.5 Å². The van der Waals surface area contributed by atoms with Crippen LogP contribution >= 0.6 is 15.6 Å². The maximum absolute atomic E-state index is 13.1. The van der Waals surface area contributed by atoms with E-state index in [0.717, 1.165) is 109 Å². The number of aliphatic hydroxyl groups excluding tert-OH is 1. The number of aliphatic hydroxyl groups is 1. The van der Waals surface area contributed by atoms with Gasteiger partial charge in [0.25, 0.3) is 0 Å². The molecule has 0 aliphatic heterocycles. The average Bonchev–Trinajstić information content (AvgIpc) is 0.939. The van der Waals surface area contributed by atoms with Gasteiger partial charge in [-0.3, -0.25) is 37.3 Å². The number of phosphoric acid groups is 2. The monoisotopic (exact) mass is 1470 g/mol. The average molecular weight is 1470 g/mol. The van der Waals surface area contributed by atoms with Gasteiger partial charge in [0.2, 0.25) is 0 Å². The lowest BCUT2D eigenvalue weighted by atomic mass is 10.0. The van der Waals surface area contributed by atoms with E-state index < -0.39 is 97.5 Å². The molecule has 0 rings (SSSR count). The van der Waals surface area contributed by atoms with Crippen LogP contribution in [0.4, 0.5) is 0 Å². The van der Waals surface area contributed by atoms with E-state index in [9.17, 15) is 43.2 Å². The zero-order chi connectivity index (χ0) is 73.4. The van der Waals surface area contributed by atoms with E-state index in [1.807, 2.05) is 0 Å². The van der Waals surface area contributed by atoms with Crippen molar-refractivity contribution in [2.45, 2.75) is 451 Å². The van der Waals surface area contributed by atoms with Crippen LogP contribution in [0.1, 0.15) is 433 Å². The topological polar surface area (TPSA) is 237 Å². The number of carbonyl (C=O) groups excluding carboxylic acids is 4. The highest BCUT2D eigenvalue weighted by atomic mass is 31.2. The van der Waals surface area contributed by atoms with Gasteiger partial charge in [-0.25, -0.2) is 9.13 Å². The molecule has 17 nitrogen and oxygen atoms in total. The molecular formula is C81H158O17P2. The molecule has 0 fully saturated rings.